The van der Waals surface area contributed by atoms with Gasteiger partial charge >= 0.3 is 29.6 Å². The first-order chi connectivity index (χ1) is 30.3. The molecule has 0 amide bonds. The summed E-state index contributed by atoms with van der Waals surface area (Å²) in [7, 11) is 5.37. The average Bonchev–Trinajstić information content (AvgIpc) is 3.31. The molecule has 12 nitrogen and oxygen atoms in total. The molecule has 0 aliphatic carbocycles. The van der Waals surface area contributed by atoms with Crippen molar-refractivity contribution in [2.75, 3.05) is 45.8 Å². The maximum Gasteiger partial charge on any atom is 1.00 e. The van der Waals surface area contributed by atoms with Gasteiger partial charge in [0.25, 0.3) is 6.47 Å². The number of carbonyl (C=O) groups is 1. The Morgan fingerprint density at radius 3 is 1.33 bits per heavy atom. The number of nitrogens with two attached hydrogens (primary N) is 2. The molecule has 0 spiro atoms. The Hall–Kier alpha value is -6.09. The Labute approximate surface area is 389 Å². The van der Waals surface area contributed by atoms with Crippen molar-refractivity contribution in [3.8, 4) is 22.5 Å². The van der Waals surface area contributed by atoms with Crippen LogP contribution in [0.1, 0.15) is 45.2 Å². The molecule has 0 unspecified atom stereocenters. The molecule has 5 N–H and O–H groups in total. The smallest absolute Gasteiger partial charge is 0.662 e. The Kier molecular flexibility index (Phi) is 16.1. The molecule has 6 aromatic carbocycles. The second kappa shape index (κ2) is 21.8. The first kappa shape index (κ1) is 46.4. The fourth-order valence-electron chi connectivity index (χ4n) is 8.43. The number of nitrogen functional groups attached to an aromatic ring is 2. The number of hydrogen-bond donors (Lipinski definition) is 3. The average molecular weight is 849 g/mol. The molecule has 2 atom stereocenters. The van der Waals surface area contributed by atoms with E-state index in [1.54, 1.807) is 12.1 Å². The molecule has 0 fully saturated rings. The molecule has 2 aliphatic rings. The molecule has 0 saturated heterocycles. The second-order valence-corrected chi connectivity index (χ2v) is 15.4. The quantitative estimate of drug-likeness (QED) is 0.0985. The van der Waals surface area contributed by atoms with Gasteiger partial charge in [0.05, 0.1) is 11.4 Å². The van der Waals surface area contributed by atoms with E-state index in [2.05, 4.69) is 171 Å². The third-order valence-corrected chi connectivity index (χ3v) is 11.3. The number of nitrogens with zero attached hydrogens (tertiary/aromatic N) is 6. The van der Waals surface area contributed by atoms with Gasteiger partial charge in [-0.05, 0) is 105 Å². The van der Waals surface area contributed by atoms with Crippen LogP contribution in [0.2, 0.25) is 0 Å². The van der Waals surface area contributed by atoms with Gasteiger partial charge in [-0.15, -0.1) is 20.4 Å². The topological polar surface area (TPSA) is 180 Å². The molecular formula is C50H49N8NaO4. The second-order valence-electron chi connectivity index (χ2n) is 15.4. The SMILES string of the molecule is CN1Cc2cc(-c3ccc(N)nn3)ccc2[C@H](c2ccc3ccccc3c2)C1.CN1Cc2cc(-c3ccc(N)nn3)ccc2[C@H](c2ccc3ccccc3c2)C1.CO.O=CO[O-].[Na+]. The van der Waals surface area contributed by atoms with Gasteiger partial charge in [-0.1, -0.05) is 109 Å². The van der Waals surface area contributed by atoms with Gasteiger partial charge < -0.3 is 36.5 Å². The van der Waals surface area contributed by atoms with Crippen LogP contribution in [-0.4, -0.2) is 76.1 Å². The first-order valence-electron chi connectivity index (χ1n) is 20.2. The van der Waals surface area contributed by atoms with Crippen molar-refractivity contribution in [2.24, 2.45) is 0 Å². The summed E-state index contributed by atoms with van der Waals surface area (Å²) in [6, 6.07) is 51.6. The third-order valence-electron chi connectivity index (χ3n) is 11.3. The van der Waals surface area contributed by atoms with Crippen LogP contribution in [0.25, 0.3) is 44.1 Å². The van der Waals surface area contributed by atoms with Crippen LogP contribution in [0, 0.1) is 0 Å². The molecule has 2 aromatic heterocycles. The molecule has 314 valence electrons. The van der Waals surface area contributed by atoms with Crippen LogP contribution < -0.4 is 46.3 Å². The first-order valence-corrected chi connectivity index (χ1v) is 20.2. The zero-order chi connectivity index (χ0) is 43.6. The van der Waals surface area contributed by atoms with Crippen molar-refractivity contribution in [1.29, 1.82) is 0 Å². The molecule has 0 radical (unpaired) electrons. The fraction of sp³-hybridized carbons (Fsp3) is 0.180. The van der Waals surface area contributed by atoms with Crippen LogP contribution in [-0.2, 0) is 22.8 Å². The van der Waals surface area contributed by atoms with E-state index in [-0.39, 0.29) is 36.0 Å². The van der Waals surface area contributed by atoms with Crippen LogP contribution >= 0.6 is 0 Å². The van der Waals surface area contributed by atoms with Gasteiger partial charge in [-0.25, -0.2) is 0 Å². The minimum atomic E-state index is -0.181. The number of fused-ring (bicyclic) bond motifs is 4. The van der Waals surface area contributed by atoms with Crippen LogP contribution in [0.15, 0.2) is 146 Å². The maximum absolute atomic E-state index is 8.64. The number of benzene rings is 6. The van der Waals surface area contributed by atoms with Crippen molar-refractivity contribution in [1.82, 2.24) is 30.2 Å². The summed E-state index contributed by atoms with van der Waals surface area (Å²) in [6.45, 7) is 3.74. The Morgan fingerprint density at radius 2 is 0.968 bits per heavy atom. The predicted octanol–water partition coefficient (Wildman–Crippen LogP) is 3.96. The van der Waals surface area contributed by atoms with Crippen LogP contribution in [0.4, 0.5) is 11.6 Å². The number of carbonyl (C=O) groups excluding carboxylic acids is 1. The number of aromatic nitrogens is 4. The van der Waals surface area contributed by atoms with E-state index in [0.29, 0.717) is 23.5 Å². The van der Waals surface area contributed by atoms with Gasteiger partial charge in [0, 0.05) is 56.3 Å². The zero-order valence-corrected chi connectivity index (χ0v) is 37.9. The summed E-state index contributed by atoms with van der Waals surface area (Å²) in [6.07, 6.45) is 0. The van der Waals surface area contributed by atoms with Crippen molar-refractivity contribution in [3.05, 3.63) is 179 Å². The van der Waals surface area contributed by atoms with Gasteiger partial charge in [0.2, 0.25) is 0 Å². The minimum absolute atomic E-state index is 0. The maximum atomic E-state index is 8.64. The number of anilines is 2. The molecule has 4 heterocycles. The standard InChI is InChI=1S/2C24H22N4.CH2O3.CH4O.Na/c2*1-28-14-20-13-19(23-10-11-24(25)27-26-23)8-9-21(20)22(15-28)18-7-6-16-4-2-3-5-17(16)12-18;2-1-4-3;1-2;/h2*2-13,22H,14-15H2,1H3,(H2,25,27);1,3H;2H,1H3;/q;;;;+1/p-1/t2*22-;;;/m00.../s1. The van der Waals surface area contributed by atoms with Crippen molar-refractivity contribution in [3.63, 3.8) is 0 Å². The van der Waals surface area contributed by atoms with E-state index in [1.165, 1.54) is 54.9 Å². The van der Waals surface area contributed by atoms with E-state index < -0.39 is 0 Å². The van der Waals surface area contributed by atoms with Crippen molar-refractivity contribution in [2.45, 2.75) is 24.9 Å². The Morgan fingerprint density at radius 1 is 0.571 bits per heavy atom. The number of aliphatic hydroxyl groups excluding tert-OH is 1. The summed E-state index contributed by atoms with van der Waals surface area (Å²) >= 11 is 0. The Bertz CT molecular complexity index is 2590. The van der Waals surface area contributed by atoms with E-state index in [1.807, 2.05) is 12.1 Å². The largest absolute Gasteiger partial charge is 1.00 e. The normalized spacial score (nSPS) is 15.4. The summed E-state index contributed by atoms with van der Waals surface area (Å²) < 4.78 is 0. The number of aliphatic hydroxyl groups is 1. The summed E-state index contributed by atoms with van der Waals surface area (Å²) in [4.78, 5) is 16.0. The molecule has 8 aromatic rings. The van der Waals surface area contributed by atoms with Crippen LogP contribution in [0.3, 0.4) is 0 Å². The number of hydrogen-bond acceptors (Lipinski definition) is 12. The monoisotopic (exact) mass is 848 g/mol. The summed E-state index contributed by atoms with van der Waals surface area (Å²) in [5.74, 6) is 1.62. The molecule has 13 heteroatoms. The molecule has 0 bridgehead atoms. The van der Waals surface area contributed by atoms with Crippen LogP contribution in [0.5, 0.6) is 0 Å². The van der Waals surface area contributed by atoms with E-state index >= 15 is 0 Å². The van der Waals surface area contributed by atoms with E-state index in [9.17, 15) is 0 Å². The minimum Gasteiger partial charge on any atom is -0.662 e. The molecule has 10 rings (SSSR count). The molecule has 0 saturated carbocycles. The molecule has 2 aliphatic heterocycles. The number of likely N-dealkylation sites (N-methyl/N-ethyl adjacent to an activating group) is 2. The van der Waals surface area contributed by atoms with Gasteiger partial charge in [-0.2, -0.15) is 0 Å². The summed E-state index contributed by atoms with van der Waals surface area (Å²) in [5, 5.41) is 37.1. The summed E-state index contributed by atoms with van der Waals surface area (Å²) in [5.41, 5.74) is 23.5. The zero-order valence-electron chi connectivity index (χ0n) is 35.9. The van der Waals surface area contributed by atoms with Gasteiger partial charge in [0.1, 0.15) is 11.6 Å². The number of rotatable bonds is 5. The Balaban J connectivity index is 0.000000184. The van der Waals surface area contributed by atoms with Gasteiger partial charge in [0.15, 0.2) is 0 Å². The molecular weight excluding hydrogens is 800 g/mol. The molecule has 63 heavy (non-hydrogen) atoms. The van der Waals surface area contributed by atoms with E-state index in [4.69, 9.17) is 26.6 Å². The van der Waals surface area contributed by atoms with Gasteiger partial charge in [-0.3, -0.25) is 4.79 Å². The third kappa shape index (κ3) is 11.1. The predicted molar refractivity (Wildman–Crippen MR) is 243 cm³/mol. The van der Waals surface area contributed by atoms with E-state index in [0.717, 1.165) is 55.8 Å². The van der Waals surface area contributed by atoms with Crippen molar-refractivity contribution < 1.29 is 49.6 Å². The fourth-order valence-corrected chi connectivity index (χ4v) is 8.43. The van der Waals surface area contributed by atoms with Crippen molar-refractivity contribution >= 4 is 39.7 Å².